The van der Waals surface area contributed by atoms with Gasteiger partial charge in [-0.3, -0.25) is 4.79 Å². The van der Waals surface area contributed by atoms with E-state index in [2.05, 4.69) is 0 Å². The summed E-state index contributed by atoms with van der Waals surface area (Å²) in [6, 6.07) is 4.86. The Labute approximate surface area is 111 Å². The molecule has 1 fully saturated rings. The zero-order chi connectivity index (χ0) is 13.3. The smallest absolute Gasteiger partial charge is 0.253 e. The van der Waals surface area contributed by atoms with Gasteiger partial charge >= 0.3 is 0 Å². The predicted molar refractivity (Wildman–Crippen MR) is 71.6 cm³/mol. The summed E-state index contributed by atoms with van der Waals surface area (Å²) in [7, 11) is 0. The first-order valence-electron chi connectivity index (χ1n) is 6.01. The van der Waals surface area contributed by atoms with Crippen LogP contribution in [0, 0.1) is 5.92 Å². The molecule has 0 aliphatic carbocycles. The summed E-state index contributed by atoms with van der Waals surface area (Å²) in [6.07, 6.45) is 0.363. The van der Waals surface area contributed by atoms with Gasteiger partial charge in [0.1, 0.15) is 0 Å². The molecule has 1 amide bonds. The first kappa shape index (κ1) is 13.2. The molecule has 1 saturated heterocycles. The second-order valence-corrected chi connectivity index (χ2v) is 5.23. The molecule has 18 heavy (non-hydrogen) atoms. The lowest BCUT2D eigenvalue weighted by Crippen LogP contribution is -2.45. The Hall–Kier alpha value is -1.26. The lowest BCUT2D eigenvalue weighted by molar-refractivity contribution is 0.0248. The molecule has 1 aliphatic rings. The zero-order valence-corrected chi connectivity index (χ0v) is 11.0. The highest BCUT2D eigenvalue weighted by atomic mass is 35.5. The molecule has 3 N–H and O–H groups in total. The Bertz CT molecular complexity index is 464. The van der Waals surface area contributed by atoms with E-state index >= 15 is 0 Å². The van der Waals surface area contributed by atoms with Crippen LogP contribution in [-0.4, -0.2) is 35.1 Å². The molecular formula is C13H17ClN2O2. The fourth-order valence-corrected chi connectivity index (χ4v) is 2.26. The normalized spacial score (nSPS) is 24.1. The highest BCUT2D eigenvalue weighted by Crippen LogP contribution is 2.23. The number of β-amino-alcohol motifs (C(OH)–C–C–N with tert-alkyl or cyclic N) is 1. The van der Waals surface area contributed by atoms with Crippen molar-refractivity contribution in [2.75, 3.05) is 18.8 Å². The van der Waals surface area contributed by atoms with E-state index in [9.17, 15) is 9.90 Å². The summed E-state index contributed by atoms with van der Waals surface area (Å²) >= 11 is 5.90. The summed E-state index contributed by atoms with van der Waals surface area (Å²) < 4.78 is 0. The van der Waals surface area contributed by atoms with E-state index in [0.29, 0.717) is 29.4 Å². The van der Waals surface area contributed by atoms with Crippen molar-refractivity contribution >= 4 is 23.2 Å². The Balaban J connectivity index is 2.14. The van der Waals surface area contributed by atoms with Crippen LogP contribution in [0.5, 0.6) is 0 Å². The van der Waals surface area contributed by atoms with Crippen LogP contribution in [0.1, 0.15) is 23.7 Å². The standard InChI is InChI=1S/C13H17ClN2O2/c1-8-4-5-16(7-12(8)17)13(18)9-2-3-11(15)10(14)6-9/h2-3,6,8,12,17H,4-5,7,15H2,1H3. The molecule has 0 spiro atoms. The fourth-order valence-electron chi connectivity index (χ4n) is 2.08. The van der Waals surface area contributed by atoms with Crippen molar-refractivity contribution in [1.29, 1.82) is 0 Å². The Morgan fingerprint density at radius 1 is 1.56 bits per heavy atom. The molecule has 1 aromatic rings. The van der Waals surface area contributed by atoms with Crippen molar-refractivity contribution in [3.8, 4) is 0 Å². The van der Waals surface area contributed by atoms with Gasteiger partial charge in [-0.15, -0.1) is 0 Å². The van der Waals surface area contributed by atoms with E-state index < -0.39 is 6.10 Å². The number of rotatable bonds is 1. The highest BCUT2D eigenvalue weighted by molar-refractivity contribution is 6.33. The van der Waals surface area contributed by atoms with Gasteiger partial charge in [0.05, 0.1) is 16.8 Å². The number of aliphatic hydroxyl groups excluding tert-OH is 1. The molecule has 0 radical (unpaired) electrons. The summed E-state index contributed by atoms with van der Waals surface area (Å²) in [5.74, 6) is 0.131. The monoisotopic (exact) mass is 268 g/mol. The summed E-state index contributed by atoms with van der Waals surface area (Å²) in [5.41, 5.74) is 6.58. The quantitative estimate of drug-likeness (QED) is 0.763. The number of halogens is 1. The average molecular weight is 269 g/mol. The minimum absolute atomic E-state index is 0.108. The lowest BCUT2D eigenvalue weighted by Gasteiger charge is -2.34. The van der Waals surface area contributed by atoms with Gasteiger partial charge in [-0.05, 0) is 30.5 Å². The molecule has 4 nitrogen and oxygen atoms in total. The van der Waals surface area contributed by atoms with E-state index in [-0.39, 0.29) is 11.8 Å². The third kappa shape index (κ3) is 2.60. The van der Waals surface area contributed by atoms with Crippen molar-refractivity contribution < 1.29 is 9.90 Å². The number of anilines is 1. The third-order valence-corrected chi connectivity index (χ3v) is 3.78. The first-order valence-corrected chi connectivity index (χ1v) is 6.39. The molecule has 1 heterocycles. The van der Waals surface area contributed by atoms with Gasteiger partial charge in [0, 0.05) is 18.7 Å². The van der Waals surface area contributed by atoms with Gasteiger partial charge < -0.3 is 15.7 Å². The van der Waals surface area contributed by atoms with E-state index in [4.69, 9.17) is 17.3 Å². The molecule has 0 aromatic heterocycles. The average Bonchev–Trinajstić information content (AvgIpc) is 2.35. The molecule has 98 valence electrons. The number of amides is 1. The number of likely N-dealkylation sites (tertiary alicyclic amines) is 1. The number of nitrogens with zero attached hydrogens (tertiary/aromatic N) is 1. The van der Waals surface area contributed by atoms with Crippen LogP contribution < -0.4 is 5.73 Å². The number of piperidine rings is 1. The Morgan fingerprint density at radius 2 is 2.28 bits per heavy atom. The van der Waals surface area contributed by atoms with Crippen LogP contribution in [0.3, 0.4) is 0 Å². The number of hydrogen-bond acceptors (Lipinski definition) is 3. The molecule has 0 saturated carbocycles. The topological polar surface area (TPSA) is 66.6 Å². The molecule has 2 unspecified atom stereocenters. The number of carbonyl (C=O) groups excluding carboxylic acids is 1. The van der Waals surface area contributed by atoms with E-state index in [1.54, 1.807) is 23.1 Å². The van der Waals surface area contributed by atoms with Crippen molar-refractivity contribution in [2.45, 2.75) is 19.4 Å². The lowest BCUT2D eigenvalue weighted by atomic mass is 9.95. The third-order valence-electron chi connectivity index (χ3n) is 3.45. The number of carbonyl (C=O) groups is 1. The minimum Gasteiger partial charge on any atom is -0.398 e. The van der Waals surface area contributed by atoms with Gasteiger partial charge in [0.25, 0.3) is 5.91 Å². The van der Waals surface area contributed by atoms with Gasteiger partial charge in [0.2, 0.25) is 0 Å². The highest BCUT2D eigenvalue weighted by Gasteiger charge is 2.27. The Kier molecular flexibility index (Phi) is 3.78. The van der Waals surface area contributed by atoms with Crippen LogP contribution >= 0.6 is 11.6 Å². The second-order valence-electron chi connectivity index (χ2n) is 4.82. The maximum Gasteiger partial charge on any atom is 0.253 e. The van der Waals surface area contributed by atoms with Crippen molar-refractivity contribution in [3.05, 3.63) is 28.8 Å². The molecule has 2 atom stereocenters. The molecular weight excluding hydrogens is 252 g/mol. The van der Waals surface area contributed by atoms with E-state index in [1.807, 2.05) is 6.92 Å². The van der Waals surface area contributed by atoms with Crippen LogP contribution in [0.15, 0.2) is 18.2 Å². The molecule has 0 bridgehead atoms. The van der Waals surface area contributed by atoms with E-state index in [1.165, 1.54) is 0 Å². The summed E-state index contributed by atoms with van der Waals surface area (Å²) in [6.45, 7) is 3.04. The fraction of sp³-hybridized carbons (Fsp3) is 0.462. The molecule has 5 heteroatoms. The van der Waals surface area contributed by atoms with Gasteiger partial charge in [-0.1, -0.05) is 18.5 Å². The van der Waals surface area contributed by atoms with Gasteiger partial charge in [-0.2, -0.15) is 0 Å². The van der Waals surface area contributed by atoms with E-state index in [0.717, 1.165) is 6.42 Å². The van der Waals surface area contributed by atoms with Crippen LogP contribution in [0.25, 0.3) is 0 Å². The maximum absolute atomic E-state index is 12.2. The SMILES string of the molecule is CC1CCN(C(=O)c2ccc(N)c(Cl)c2)CC1O. The largest absolute Gasteiger partial charge is 0.398 e. The van der Waals surface area contributed by atoms with Crippen molar-refractivity contribution in [1.82, 2.24) is 4.90 Å². The maximum atomic E-state index is 12.2. The number of nitrogens with two attached hydrogens (primary N) is 1. The van der Waals surface area contributed by atoms with Gasteiger partial charge in [0.15, 0.2) is 0 Å². The first-order chi connectivity index (χ1) is 8.49. The Morgan fingerprint density at radius 3 is 2.89 bits per heavy atom. The van der Waals surface area contributed by atoms with Gasteiger partial charge in [-0.25, -0.2) is 0 Å². The van der Waals surface area contributed by atoms with Crippen LogP contribution in [0.2, 0.25) is 5.02 Å². The summed E-state index contributed by atoms with van der Waals surface area (Å²) in [4.78, 5) is 13.9. The molecule has 1 aliphatic heterocycles. The van der Waals surface area contributed by atoms with Crippen LogP contribution in [-0.2, 0) is 0 Å². The number of aliphatic hydroxyl groups is 1. The predicted octanol–water partition coefficient (Wildman–Crippen LogP) is 1.77. The minimum atomic E-state index is -0.452. The number of nitrogen functional groups attached to an aromatic ring is 1. The van der Waals surface area contributed by atoms with Crippen molar-refractivity contribution in [3.63, 3.8) is 0 Å². The second kappa shape index (κ2) is 5.16. The summed E-state index contributed by atoms with van der Waals surface area (Å²) in [5, 5.41) is 10.2. The zero-order valence-electron chi connectivity index (χ0n) is 10.3. The van der Waals surface area contributed by atoms with Crippen molar-refractivity contribution in [2.24, 2.45) is 5.92 Å². The van der Waals surface area contributed by atoms with Crippen LogP contribution in [0.4, 0.5) is 5.69 Å². The number of hydrogen-bond donors (Lipinski definition) is 2. The molecule has 1 aromatic carbocycles. The molecule has 2 rings (SSSR count). The number of benzene rings is 1.